The monoisotopic (exact) mass is 378 g/mol. The average molecular weight is 379 g/mol. The Morgan fingerprint density at radius 2 is 1.57 bits per heavy atom. The van der Waals surface area contributed by atoms with Crippen molar-refractivity contribution in [1.82, 2.24) is 0 Å². The van der Waals surface area contributed by atoms with Gasteiger partial charge < -0.3 is 4.74 Å². The van der Waals surface area contributed by atoms with Crippen molar-refractivity contribution in [3.8, 4) is 11.1 Å². The Hall–Kier alpha value is -1.93. The van der Waals surface area contributed by atoms with Gasteiger partial charge in [0.25, 0.3) is 0 Å². The zero-order valence-electron chi connectivity index (χ0n) is 17.7. The first-order valence-electron chi connectivity index (χ1n) is 11.0. The maximum Gasteiger partial charge on any atom is 0.177 e. The van der Waals surface area contributed by atoms with Gasteiger partial charge >= 0.3 is 0 Å². The maximum absolute atomic E-state index is 13.7. The fourth-order valence-corrected chi connectivity index (χ4v) is 4.50. The van der Waals surface area contributed by atoms with Gasteiger partial charge in [0.2, 0.25) is 0 Å². The Kier molecular flexibility index (Phi) is 7.07. The van der Waals surface area contributed by atoms with Crippen LogP contribution in [-0.2, 0) is 15.1 Å². The lowest BCUT2D eigenvalue weighted by Crippen LogP contribution is -2.39. The first kappa shape index (κ1) is 20.8. The van der Waals surface area contributed by atoms with Crippen LogP contribution in [0, 0.1) is 6.92 Å². The van der Waals surface area contributed by atoms with Crippen LogP contribution >= 0.6 is 0 Å². The lowest BCUT2D eigenvalue weighted by molar-refractivity contribution is -0.140. The lowest BCUT2D eigenvalue weighted by atomic mass is 9.82. The number of benzene rings is 2. The molecule has 1 atom stereocenters. The van der Waals surface area contributed by atoms with Gasteiger partial charge in [-0.1, -0.05) is 88.4 Å². The van der Waals surface area contributed by atoms with E-state index in [2.05, 4.69) is 57.2 Å². The molecule has 28 heavy (non-hydrogen) atoms. The summed E-state index contributed by atoms with van der Waals surface area (Å²) in [6.45, 7) is 7.13. The molecule has 2 nitrogen and oxygen atoms in total. The van der Waals surface area contributed by atoms with Crippen LogP contribution in [0.2, 0.25) is 0 Å². The maximum atomic E-state index is 13.7. The van der Waals surface area contributed by atoms with Gasteiger partial charge in [0.15, 0.2) is 11.4 Å². The van der Waals surface area contributed by atoms with Crippen molar-refractivity contribution in [3.63, 3.8) is 0 Å². The van der Waals surface area contributed by atoms with Gasteiger partial charge in [0, 0.05) is 24.2 Å². The molecule has 0 radical (unpaired) electrons. The Labute approximate surface area is 170 Å². The summed E-state index contributed by atoms with van der Waals surface area (Å²) in [6.07, 6.45) is 8.26. The molecule has 0 N–H and O–H groups in total. The van der Waals surface area contributed by atoms with Crippen LogP contribution in [0.15, 0.2) is 42.5 Å². The summed E-state index contributed by atoms with van der Waals surface area (Å²) in [4.78, 5) is 13.7. The number of ketones is 1. The molecule has 0 heterocycles. The molecule has 1 unspecified atom stereocenters. The highest BCUT2D eigenvalue weighted by atomic mass is 16.5. The summed E-state index contributed by atoms with van der Waals surface area (Å²) in [5.74, 6) is 0.223. The second-order valence-corrected chi connectivity index (χ2v) is 8.01. The fraction of sp³-hybridized carbons (Fsp3) is 0.500. The van der Waals surface area contributed by atoms with E-state index in [1.54, 1.807) is 0 Å². The average Bonchev–Trinajstić information content (AvgIpc) is 3.01. The van der Waals surface area contributed by atoms with E-state index in [9.17, 15) is 4.79 Å². The van der Waals surface area contributed by atoms with Crippen LogP contribution in [0.3, 0.4) is 0 Å². The molecule has 3 rings (SSSR count). The van der Waals surface area contributed by atoms with Gasteiger partial charge in [-0.15, -0.1) is 0 Å². The fourth-order valence-electron chi connectivity index (χ4n) is 4.50. The van der Waals surface area contributed by atoms with Gasteiger partial charge in [-0.3, -0.25) is 4.79 Å². The third kappa shape index (κ3) is 3.80. The Balaban J connectivity index is 2.03. The highest BCUT2D eigenvalue weighted by Crippen LogP contribution is 2.52. The topological polar surface area (TPSA) is 26.3 Å². The van der Waals surface area contributed by atoms with Crippen LogP contribution < -0.4 is 0 Å². The van der Waals surface area contributed by atoms with Gasteiger partial charge in [0.1, 0.15) is 0 Å². The predicted octanol–water partition coefficient (Wildman–Crippen LogP) is 6.97. The van der Waals surface area contributed by atoms with E-state index < -0.39 is 5.60 Å². The lowest BCUT2D eigenvalue weighted by Gasteiger charge is -2.32. The molecule has 0 bridgehead atoms. The van der Waals surface area contributed by atoms with Crippen molar-refractivity contribution in [3.05, 3.63) is 59.2 Å². The summed E-state index contributed by atoms with van der Waals surface area (Å²) in [5.41, 5.74) is 4.64. The first-order valence-corrected chi connectivity index (χ1v) is 11.0. The van der Waals surface area contributed by atoms with Crippen molar-refractivity contribution < 1.29 is 9.53 Å². The smallest absolute Gasteiger partial charge is 0.177 e. The van der Waals surface area contributed by atoms with E-state index in [-0.39, 0.29) is 5.78 Å². The minimum Gasteiger partial charge on any atom is -0.358 e. The Morgan fingerprint density at radius 3 is 2.36 bits per heavy atom. The quantitative estimate of drug-likeness (QED) is 0.395. The summed E-state index contributed by atoms with van der Waals surface area (Å²) < 4.78 is 6.60. The molecule has 0 saturated carbocycles. The van der Waals surface area contributed by atoms with Crippen LogP contribution in [0.4, 0.5) is 0 Å². The van der Waals surface area contributed by atoms with Gasteiger partial charge in [-0.25, -0.2) is 0 Å². The van der Waals surface area contributed by atoms with Crippen molar-refractivity contribution in [2.24, 2.45) is 0 Å². The number of fused-ring (bicyclic) bond motifs is 3. The second kappa shape index (κ2) is 9.52. The standard InChI is InChI=1S/C26H34O2/c1-4-6-8-9-18-24(27)26(28-19-12-7-5-2)23-17-11-10-15-21(23)22-16-13-14-20(3)25(22)26/h10-11,13-17H,4-9,12,18-19H2,1-3H3. The van der Waals surface area contributed by atoms with E-state index in [1.807, 2.05) is 6.07 Å². The largest absolute Gasteiger partial charge is 0.358 e. The summed E-state index contributed by atoms with van der Waals surface area (Å²) in [6, 6.07) is 14.7. The molecule has 2 heteroatoms. The third-order valence-corrected chi connectivity index (χ3v) is 5.94. The number of Topliss-reactive ketones (excluding diaryl/α,β-unsaturated/α-hetero) is 1. The summed E-state index contributed by atoms with van der Waals surface area (Å²) >= 11 is 0. The molecule has 0 aromatic heterocycles. The number of hydrogen-bond acceptors (Lipinski definition) is 2. The zero-order chi connectivity index (χ0) is 20.0. The number of rotatable bonds is 11. The SMILES string of the molecule is CCCCCCC(=O)C1(OCCCCC)c2ccccc2-c2cccc(C)c21. The Morgan fingerprint density at radius 1 is 0.857 bits per heavy atom. The van der Waals surface area contributed by atoms with E-state index in [4.69, 9.17) is 4.74 Å². The van der Waals surface area contributed by atoms with E-state index in [0.717, 1.165) is 59.9 Å². The van der Waals surface area contributed by atoms with Crippen LogP contribution in [0.25, 0.3) is 11.1 Å². The highest BCUT2D eigenvalue weighted by Gasteiger charge is 2.50. The van der Waals surface area contributed by atoms with E-state index in [0.29, 0.717) is 13.0 Å². The molecule has 150 valence electrons. The van der Waals surface area contributed by atoms with Gasteiger partial charge in [-0.2, -0.15) is 0 Å². The molecule has 2 aromatic carbocycles. The number of hydrogen-bond donors (Lipinski definition) is 0. The first-order chi connectivity index (χ1) is 13.7. The molecule has 0 aliphatic heterocycles. The van der Waals surface area contributed by atoms with Crippen LogP contribution in [-0.4, -0.2) is 12.4 Å². The molecule has 1 aliphatic rings. The van der Waals surface area contributed by atoms with E-state index in [1.165, 1.54) is 12.8 Å². The number of ether oxygens (including phenoxy) is 1. The molecule has 0 spiro atoms. The molecule has 2 aromatic rings. The number of unbranched alkanes of at least 4 members (excludes halogenated alkanes) is 5. The molecular formula is C26H34O2. The summed E-state index contributed by atoms with van der Waals surface area (Å²) in [5, 5.41) is 0. The number of aryl methyl sites for hydroxylation is 1. The van der Waals surface area contributed by atoms with Crippen LogP contribution in [0.5, 0.6) is 0 Å². The summed E-state index contributed by atoms with van der Waals surface area (Å²) in [7, 11) is 0. The number of carbonyl (C=O) groups is 1. The molecule has 0 amide bonds. The van der Waals surface area contributed by atoms with Crippen molar-refractivity contribution >= 4 is 5.78 Å². The van der Waals surface area contributed by atoms with Gasteiger partial charge in [0.05, 0.1) is 0 Å². The molecule has 1 aliphatic carbocycles. The molecule has 0 fully saturated rings. The van der Waals surface area contributed by atoms with Crippen LogP contribution in [0.1, 0.15) is 81.9 Å². The number of carbonyl (C=O) groups excluding carboxylic acids is 1. The van der Waals surface area contributed by atoms with Crippen molar-refractivity contribution in [2.45, 2.75) is 77.7 Å². The zero-order valence-corrected chi connectivity index (χ0v) is 17.7. The highest BCUT2D eigenvalue weighted by molar-refractivity contribution is 6.00. The predicted molar refractivity (Wildman–Crippen MR) is 117 cm³/mol. The van der Waals surface area contributed by atoms with Crippen molar-refractivity contribution in [2.75, 3.05) is 6.61 Å². The van der Waals surface area contributed by atoms with E-state index >= 15 is 0 Å². The second-order valence-electron chi connectivity index (χ2n) is 8.01. The third-order valence-electron chi connectivity index (χ3n) is 5.94. The normalized spacial score (nSPS) is 17.4. The molecular weight excluding hydrogens is 344 g/mol. The minimum atomic E-state index is -0.933. The van der Waals surface area contributed by atoms with Gasteiger partial charge in [-0.05, 0) is 36.5 Å². The molecule has 0 saturated heterocycles. The minimum absolute atomic E-state index is 0.223. The Bertz CT molecular complexity index is 808. The van der Waals surface area contributed by atoms with Crippen molar-refractivity contribution in [1.29, 1.82) is 0 Å².